The number of carbonyl (C=O) groups is 1. The largest absolute Gasteiger partial charge is 0.385 e. The molecule has 2 nitrogen and oxygen atoms in total. The van der Waals surface area contributed by atoms with Crippen LogP contribution in [-0.2, 0) is 0 Å². The molecule has 1 fully saturated rings. The van der Waals surface area contributed by atoms with Crippen LogP contribution < -0.4 is 0 Å². The third-order valence-electron chi connectivity index (χ3n) is 2.22. The molecule has 1 aromatic rings. The highest BCUT2D eigenvalue weighted by Crippen LogP contribution is 2.35. The Hall–Kier alpha value is -0.190. The van der Waals surface area contributed by atoms with Crippen LogP contribution >= 0.6 is 27.3 Å². The maximum atomic E-state index is 11.6. The van der Waals surface area contributed by atoms with Crippen molar-refractivity contribution < 1.29 is 9.90 Å². The fourth-order valence-corrected chi connectivity index (χ4v) is 2.72. The molecule has 0 amide bonds. The van der Waals surface area contributed by atoms with Gasteiger partial charge in [-0.25, -0.2) is 0 Å². The fraction of sp³-hybridized carbons (Fsp3) is 0.444. The van der Waals surface area contributed by atoms with Crippen LogP contribution in [0.15, 0.2) is 15.2 Å². The van der Waals surface area contributed by atoms with E-state index >= 15 is 0 Å². The molecule has 0 aliphatic heterocycles. The van der Waals surface area contributed by atoms with E-state index in [-0.39, 0.29) is 11.7 Å². The first-order chi connectivity index (χ1) is 6.20. The molecule has 0 spiro atoms. The molecule has 0 aromatic carbocycles. The zero-order chi connectivity index (χ0) is 9.42. The summed E-state index contributed by atoms with van der Waals surface area (Å²) in [6, 6.07) is 0. The van der Waals surface area contributed by atoms with Crippen molar-refractivity contribution in [2.45, 2.75) is 18.9 Å². The summed E-state index contributed by atoms with van der Waals surface area (Å²) < 4.78 is 0.794. The van der Waals surface area contributed by atoms with Crippen LogP contribution in [-0.4, -0.2) is 17.0 Å². The standard InChI is InChI=1S/C9H9BrO2S/c10-7-4-13-3-6(7)9(12)8(11)5-1-2-5/h3-5,8,11H,1-2H2. The Balaban J connectivity index is 2.16. The molecule has 1 aliphatic rings. The first-order valence-corrected chi connectivity index (χ1v) is 5.87. The molecule has 1 atom stereocenters. The van der Waals surface area contributed by atoms with Crippen LogP contribution in [0.1, 0.15) is 23.2 Å². The number of halogens is 1. The third kappa shape index (κ3) is 1.85. The predicted molar refractivity (Wildman–Crippen MR) is 55.1 cm³/mol. The zero-order valence-electron chi connectivity index (χ0n) is 6.87. The van der Waals surface area contributed by atoms with Crippen molar-refractivity contribution in [2.24, 2.45) is 5.92 Å². The molecular weight excluding hydrogens is 252 g/mol. The highest BCUT2D eigenvalue weighted by atomic mass is 79.9. The van der Waals surface area contributed by atoms with Crippen molar-refractivity contribution in [1.82, 2.24) is 0 Å². The Labute approximate surface area is 88.7 Å². The minimum Gasteiger partial charge on any atom is -0.385 e. The van der Waals surface area contributed by atoms with E-state index in [4.69, 9.17) is 0 Å². The molecule has 1 unspecified atom stereocenters. The van der Waals surface area contributed by atoms with Gasteiger partial charge in [-0.2, -0.15) is 11.3 Å². The molecule has 0 radical (unpaired) electrons. The number of thiophene rings is 1. The minimum absolute atomic E-state index is 0.143. The van der Waals surface area contributed by atoms with Gasteiger partial charge in [-0.05, 0) is 34.7 Å². The lowest BCUT2D eigenvalue weighted by molar-refractivity contribution is 0.0703. The van der Waals surface area contributed by atoms with Gasteiger partial charge in [-0.1, -0.05) is 0 Å². The van der Waals surface area contributed by atoms with Crippen molar-refractivity contribution >= 4 is 33.0 Å². The maximum absolute atomic E-state index is 11.6. The SMILES string of the molecule is O=C(c1cscc1Br)C(O)C1CC1. The van der Waals surface area contributed by atoms with E-state index < -0.39 is 6.10 Å². The zero-order valence-corrected chi connectivity index (χ0v) is 9.27. The predicted octanol–water partition coefficient (Wildman–Crippen LogP) is 2.46. The van der Waals surface area contributed by atoms with Crippen molar-refractivity contribution in [3.63, 3.8) is 0 Å². The smallest absolute Gasteiger partial charge is 0.193 e. The number of carbonyl (C=O) groups excluding carboxylic acids is 1. The lowest BCUT2D eigenvalue weighted by atomic mass is 10.1. The summed E-state index contributed by atoms with van der Waals surface area (Å²) >= 11 is 4.75. The van der Waals surface area contributed by atoms with Gasteiger partial charge >= 0.3 is 0 Å². The lowest BCUT2D eigenvalue weighted by Crippen LogP contribution is -2.22. The van der Waals surface area contributed by atoms with Crippen LogP contribution in [0.25, 0.3) is 0 Å². The first-order valence-electron chi connectivity index (χ1n) is 4.14. The summed E-state index contributed by atoms with van der Waals surface area (Å²) in [5.74, 6) is 0.0647. The van der Waals surface area contributed by atoms with Gasteiger partial charge in [0.1, 0.15) is 6.10 Å². The van der Waals surface area contributed by atoms with Crippen LogP contribution in [0, 0.1) is 5.92 Å². The number of rotatable bonds is 3. The molecule has 1 aromatic heterocycles. The minimum atomic E-state index is -0.786. The fourth-order valence-electron chi connectivity index (χ4n) is 1.24. The van der Waals surface area contributed by atoms with E-state index in [1.807, 2.05) is 5.38 Å². The summed E-state index contributed by atoms with van der Waals surface area (Å²) in [6.07, 6.45) is 1.18. The maximum Gasteiger partial charge on any atom is 0.193 e. The number of aliphatic hydroxyl groups excluding tert-OH is 1. The number of ketones is 1. The normalized spacial score (nSPS) is 18.6. The molecular formula is C9H9BrO2S. The Morgan fingerprint density at radius 3 is 2.77 bits per heavy atom. The second-order valence-electron chi connectivity index (χ2n) is 3.28. The van der Waals surface area contributed by atoms with Crippen LogP contribution in [0.4, 0.5) is 0 Å². The summed E-state index contributed by atoms with van der Waals surface area (Å²) in [4.78, 5) is 11.6. The number of aliphatic hydroxyl groups is 1. The number of Topliss-reactive ketones (excluding diaryl/α,β-unsaturated/α-hetero) is 1. The first kappa shape index (κ1) is 9.37. The van der Waals surface area contributed by atoms with Crippen LogP contribution in [0.3, 0.4) is 0 Å². The van der Waals surface area contributed by atoms with Gasteiger partial charge in [0, 0.05) is 20.8 Å². The highest BCUT2D eigenvalue weighted by Gasteiger charge is 2.35. The molecule has 70 valence electrons. The third-order valence-corrected chi connectivity index (χ3v) is 3.92. The average molecular weight is 261 g/mol. The topological polar surface area (TPSA) is 37.3 Å². The molecule has 1 saturated carbocycles. The Morgan fingerprint density at radius 2 is 2.31 bits per heavy atom. The molecule has 0 bridgehead atoms. The van der Waals surface area contributed by atoms with Crippen molar-refractivity contribution in [3.8, 4) is 0 Å². The Bertz CT molecular complexity index is 330. The average Bonchev–Trinajstić information content (AvgIpc) is 2.87. The van der Waals surface area contributed by atoms with Gasteiger partial charge in [-0.15, -0.1) is 0 Å². The Morgan fingerprint density at radius 1 is 1.62 bits per heavy atom. The monoisotopic (exact) mass is 260 g/mol. The van der Waals surface area contributed by atoms with Gasteiger partial charge in [0.25, 0.3) is 0 Å². The van der Waals surface area contributed by atoms with E-state index in [1.54, 1.807) is 5.38 Å². The number of hydrogen-bond donors (Lipinski definition) is 1. The van der Waals surface area contributed by atoms with Crippen molar-refractivity contribution in [3.05, 3.63) is 20.8 Å². The summed E-state index contributed by atoms with van der Waals surface area (Å²) in [7, 11) is 0. The van der Waals surface area contributed by atoms with Gasteiger partial charge in [-0.3, -0.25) is 4.79 Å². The molecule has 13 heavy (non-hydrogen) atoms. The van der Waals surface area contributed by atoms with Crippen molar-refractivity contribution in [1.29, 1.82) is 0 Å². The van der Waals surface area contributed by atoms with Crippen LogP contribution in [0.2, 0.25) is 0 Å². The lowest BCUT2D eigenvalue weighted by Gasteiger charge is -2.06. The molecule has 4 heteroatoms. The molecule has 1 aliphatic carbocycles. The number of hydrogen-bond acceptors (Lipinski definition) is 3. The van der Waals surface area contributed by atoms with Gasteiger partial charge in [0.05, 0.1) is 0 Å². The summed E-state index contributed by atoms with van der Waals surface area (Å²) in [5, 5.41) is 13.2. The molecule has 2 rings (SSSR count). The van der Waals surface area contributed by atoms with E-state index in [0.717, 1.165) is 17.3 Å². The van der Waals surface area contributed by atoms with Crippen molar-refractivity contribution in [2.75, 3.05) is 0 Å². The van der Waals surface area contributed by atoms with Gasteiger partial charge in [0.2, 0.25) is 0 Å². The van der Waals surface area contributed by atoms with E-state index in [2.05, 4.69) is 15.9 Å². The molecule has 1 heterocycles. The van der Waals surface area contributed by atoms with Gasteiger partial charge < -0.3 is 5.11 Å². The molecule has 0 saturated heterocycles. The van der Waals surface area contributed by atoms with E-state index in [0.29, 0.717) is 5.56 Å². The van der Waals surface area contributed by atoms with E-state index in [1.165, 1.54) is 11.3 Å². The van der Waals surface area contributed by atoms with E-state index in [9.17, 15) is 9.90 Å². The second kappa shape index (κ2) is 3.52. The summed E-state index contributed by atoms with van der Waals surface area (Å²) in [5.41, 5.74) is 0.615. The van der Waals surface area contributed by atoms with Crippen LogP contribution in [0.5, 0.6) is 0 Å². The quantitative estimate of drug-likeness (QED) is 0.848. The Kier molecular flexibility index (Phi) is 2.53. The highest BCUT2D eigenvalue weighted by molar-refractivity contribution is 9.10. The molecule has 1 N–H and O–H groups in total. The second-order valence-corrected chi connectivity index (χ2v) is 4.88. The van der Waals surface area contributed by atoms with Gasteiger partial charge in [0.15, 0.2) is 5.78 Å². The summed E-state index contributed by atoms with van der Waals surface area (Å²) in [6.45, 7) is 0.